The summed E-state index contributed by atoms with van der Waals surface area (Å²) in [5.41, 5.74) is -5.78. The number of hydrogen-bond donors (Lipinski definition) is 0. The maximum atomic E-state index is 12.5. The van der Waals surface area contributed by atoms with E-state index < -0.39 is 35.1 Å². The normalized spacial score (nSPS) is 14.5. The molecule has 1 rings (SSSR count). The Morgan fingerprint density at radius 2 is 1.76 bits per heavy atom. The van der Waals surface area contributed by atoms with Crippen molar-refractivity contribution in [1.29, 1.82) is 5.26 Å². The molecule has 0 fully saturated rings. The van der Waals surface area contributed by atoms with Gasteiger partial charge in [0, 0.05) is 4.90 Å². The van der Waals surface area contributed by atoms with Gasteiger partial charge in [0.05, 0.1) is 12.6 Å². The smallest absolute Gasteiger partial charge is 0.466 e. The third-order valence-electron chi connectivity index (χ3n) is 2.02. The molecule has 0 saturated carbocycles. The minimum Gasteiger partial charge on any atom is -0.466 e. The van der Waals surface area contributed by atoms with Crippen LogP contribution < -0.4 is 0 Å². The zero-order valence-corrected chi connectivity index (χ0v) is 11.5. The van der Waals surface area contributed by atoms with Gasteiger partial charge in [-0.3, -0.25) is 4.21 Å². The van der Waals surface area contributed by atoms with Crippen LogP contribution in [0.1, 0.15) is 0 Å². The van der Waals surface area contributed by atoms with Gasteiger partial charge >= 0.3 is 10.5 Å². The zero-order chi connectivity index (χ0) is 16.3. The van der Waals surface area contributed by atoms with Crippen molar-refractivity contribution in [2.75, 3.05) is 0 Å². The number of rotatable bonds is 3. The van der Waals surface area contributed by atoms with Crippen molar-refractivity contribution >= 4 is 24.7 Å². The van der Waals surface area contributed by atoms with Gasteiger partial charge in [-0.1, -0.05) is 27.9 Å². The molecule has 0 spiro atoms. The van der Waals surface area contributed by atoms with Crippen LogP contribution in [0, 0.1) is 17.9 Å². The van der Waals surface area contributed by atoms with Crippen LogP contribution in [0.4, 0.5) is 13.2 Å². The number of nitriles is 1. The monoisotopic (exact) mass is 336 g/mol. The van der Waals surface area contributed by atoms with E-state index in [-0.39, 0.29) is 0 Å². The first-order valence-corrected chi connectivity index (χ1v) is 7.83. The predicted molar refractivity (Wildman–Crippen MR) is 68.4 cm³/mol. The lowest BCUT2D eigenvalue weighted by Crippen LogP contribution is -2.25. The van der Waals surface area contributed by atoms with Crippen molar-refractivity contribution in [1.82, 2.24) is 0 Å². The summed E-state index contributed by atoms with van der Waals surface area (Å²) in [7, 11) is -10.7. The summed E-state index contributed by atoms with van der Waals surface area (Å²) in [6.45, 7) is 6.68. The Morgan fingerprint density at radius 3 is 2.14 bits per heavy atom. The van der Waals surface area contributed by atoms with Crippen molar-refractivity contribution in [2.24, 2.45) is 0 Å². The minimum absolute atomic E-state index is 0.481. The molecule has 1 atom stereocenters. The molecule has 1 aromatic carbocycles. The lowest BCUT2D eigenvalue weighted by Gasteiger charge is -2.27. The Bertz CT molecular complexity index is 824. The molecule has 112 valence electrons. The van der Waals surface area contributed by atoms with Gasteiger partial charge in [0.1, 0.15) is 0 Å². The van der Waals surface area contributed by atoms with Crippen LogP contribution in [0.2, 0.25) is 0 Å². The average molecular weight is 336 g/mol. The summed E-state index contributed by atoms with van der Waals surface area (Å²) in [5.74, 6) is 0. The predicted octanol–water partition coefficient (Wildman–Crippen LogP) is 2.04. The second-order valence-corrected chi connectivity index (χ2v) is 7.28. The van der Waals surface area contributed by atoms with Crippen LogP contribution in [0.3, 0.4) is 0 Å². The number of nitrogens with zero attached hydrogens (tertiary/aromatic N) is 3. The second-order valence-electron chi connectivity index (χ2n) is 3.36. The topological polar surface area (TPSA) is 93.5 Å². The van der Waals surface area contributed by atoms with Crippen LogP contribution in [0.25, 0.3) is 8.97 Å². The Hall–Kier alpha value is -2.08. The maximum Gasteiger partial charge on any atom is 0.480 e. The molecule has 0 amide bonds. The van der Waals surface area contributed by atoms with E-state index in [1.807, 2.05) is 0 Å². The first kappa shape index (κ1) is 17.0. The number of sulfonamides is 1. The molecule has 0 heterocycles. The molecule has 6 nitrogen and oxygen atoms in total. The summed E-state index contributed by atoms with van der Waals surface area (Å²) in [6, 6.07) is 7.08. The van der Waals surface area contributed by atoms with Crippen LogP contribution in [-0.2, 0) is 19.7 Å². The summed E-state index contributed by atoms with van der Waals surface area (Å²) < 4.78 is 74.1. The fourth-order valence-electron chi connectivity index (χ4n) is 1.12. The minimum atomic E-state index is -6.13. The second kappa shape index (κ2) is 5.73. The van der Waals surface area contributed by atoms with Crippen molar-refractivity contribution in [3.05, 3.63) is 45.9 Å². The number of halogens is 3. The third kappa shape index (κ3) is 3.33. The lowest BCUT2D eigenvalue weighted by molar-refractivity contribution is -0.0424. The number of alkyl halides is 3. The highest BCUT2D eigenvalue weighted by molar-refractivity contribution is 8.18. The van der Waals surface area contributed by atoms with Gasteiger partial charge in [-0.25, -0.2) is 18.5 Å². The van der Waals surface area contributed by atoms with E-state index in [0.717, 1.165) is 18.2 Å². The van der Waals surface area contributed by atoms with Crippen molar-refractivity contribution < 1.29 is 25.8 Å². The van der Waals surface area contributed by atoms with E-state index in [4.69, 9.17) is 11.8 Å². The zero-order valence-electron chi connectivity index (χ0n) is 9.90. The van der Waals surface area contributed by atoms with Crippen LogP contribution in [0.5, 0.6) is 0 Å². The molecule has 1 aromatic rings. The highest BCUT2D eigenvalue weighted by Gasteiger charge is 2.40. The molecule has 1 unspecified atom stereocenters. The van der Waals surface area contributed by atoms with E-state index in [1.54, 1.807) is 0 Å². The summed E-state index contributed by atoms with van der Waals surface area (Å²) in [6.07, 6.45) is 0. The van der Waals surface area contributed by atoms with E-state index in [1.165, 1.54) is 18.2 Å². The largest absolute Gasteiger partial charge is 0.480 e. The Labute approximate surface area is 118 Å². The van der Waals surface area contributed by atoms with Crippen molar-refractivity contribution in [3.8, 4) is 6.07 Å². The van der Waals surface area contributed by atoms with Gasteiger partial charge in [0.25, 0.3) is 0 Å². The summed E-state index contributed by atoms with van der Waals surface area (Å²) in [4.78, 5) is 0.796. The van der Waals surface area contributed by atoms with Gasteiger partial charge in [0.2, 0.25) is 0 Å². The number of hydrogen-bond acceptors (Lipinski definition) is 4. The molecular weight excluding hydrogens is 331 g/mol. The molecule has 0 bridgehead atoms. The van der Waals surface area contributed by atoms with E-state index in [9.17, 15) is 25.8 Å². The molecule has 0 saturated heterocycles. The molecule has 0 aliphatic rings. The quantitative estimate of drug-likeness (QED) is 0.623. The first-order chi connectivity index (χ1) is 9.58. The van der Waals surface area contributed by atoms with E-state index in [2.05, 4.69) is 8.97 Å². The van der Waals surface area contributed by atoms with Crippen LogP contribution in [-0.4, -0.2) is 23.1 Å². The standard InChI is InChI=1S/C10H5F3N3O3S2/c1-15-9(7-14)20(17,8-5-3-2-4-6-8)16-21(18,19)10(11,12)13/h2-6H/q-1. The summed E-state index contributed by atoms with van der Waals surface area (Å²) >= 11 is 0. The first-order valence-electron chi connectivity index (χ1n) is 4.88. The highest BCUT2D eigenvalue weighted by atomic mass is 32.3. The number of benzene rings is 1. The SMILES string of the molecule is [C-]#[N+]C(C#N)=S(=O)([N-]S(=O)(=O)C(F)(F)F)c1ccccc1. The molecule has 0 N–H and O–H groups in total. The Morgan fingerprint density at radius 1 is 1.24 bits per heavy atom. The molecule has 0 aromatic heterocycles. The van der Waals surface area contributed by atoms with Gasteiger partial charge in [-0.2, -0.15) is 13.2 Å². The van der Waals surface area contributed by atoms with Gasteiger partial charge in [0.15, 0.2) is 10.0 Å². The fourth-order valence-corrected chi connectivity index (χ4v) is 4.19. The van der Waals surface area contributed by atoms with E-state index >= 15 is 0 Å². The van der Waals surface area contributed by atoms with Crippen LogP contribution >= 0.6 is 0 Å². The van der Waals surface area contributed by atoms with Gasteiger partial charge in [-0.15, -0.1) is 0 Å². The molecule has 0 radical (unpaired) electrons. The Kier molecular flexibility index (Phi) is 4.63. The van der Waals surface area contributed by atoms with Gasteiger partial charge in [-0.05, 0) is 12.1 Å². The van der Waals surface area contributed by atoms with Crippen molar-refractivity contribution in [3.63, 3.8) is 0 Å². The summed E-state index contributed by atoms with van der Waals surface area (Å²) in [5, 5.41) is 8.71. The Balaban J connectivity index is 3.70. The van der Waals surface area contributed by atoms with Crippen LogP contribution in [0.15, 0.2) is 35.2 Å². The lowest BCUT2D eigenvalue weighted by atomic mass is 10.4. The molecule has 21 heavy (non-hydrogen) atoms. The molecular formula is C10H5F3N3O3S2-. The molecule has 0 aliphatic carbocycles. The average Bonchev–Trinajstić information content (AvgIpc) is 2.39. The van der Waals surface area contributed by atoms with Gasteiger partial charge < -0.3 is 4.13 Å². The third-order valence-corrected chi connectivity index (χ3v) is 5.85. The van der Waals surface area contributed by atoms with Crippen molar-refractivity contribution in [2.45, 2.75) is 10.4 Å². The molecule has 11 heteroatoms. The molecule has 0 aliphatic heterocycles. The highest BCUT2D eigenvalue weighted by Crippen LogP contribution is 2.33. The van der Waals surface area contributed by atoms with E-state index in [0.29, 0.717) is 0 Å². The maximum absolute atomic E-state index is 12.5. The fraction of sp³-hybridized carbons (Fsp3) is 0.100.